The van der Waals surface area contributed by atoms with Gasteiger partial charge in [-0.2, -0.15) is 13.2 Å². The van der Waals surface area contributed by atoms with E-state index in [9.17, 15) is 13.2 Å². The van der Waals surface area contributed by atoms with Gasteiger partial charge in [0.25, 0.3) is 0 Å². The number of thioether (sulfide) groups is 1. The zero-order chi connectivity index (χ0) is 12.9. The molecule has 2 N–H and O–H groups in total. The Bertz CT molecular complexity index is 228. The van der Waals surface area contributed by atoms with Gasteiger partial charge in [-0.15, -0.1) is 0 Å². The van der Waals surface area contributed by atoms with E-state index in [1.165, 1.54) is 0 Å². The van der Waals surface area contributed by atoms with Gasteiger partial charge in [-0.3, -0.25) is 4.90 Å². The predicted molar refractivity (Wildman–Crippen MR) is 63.0 cm³/mol. The molecule has 102 valence electrons. The van der Waals surface area contributed by atoms with Crippen LogP contribution in [0.2, 0.25) is 0 Å². The van der Waals surface area contributed by atoms with E-state index < -0.39 is 5.51 Å². The largest absolute Gasteiger partial charge is 0.441 e. The van der Waals surface area contributed by atoms with Crippen LogP contribution in [0.25, 0.3) is 0 Å². The van der Waals surface area contributed by atoms with E-state index in [1.54, 1.807) is 7.11 Å². The van der Waals surface area contributed by atoms with Crippen molar-refractivity contribution in [2.45, 2.75) is 30.5 Å². The smallest absolute Gasteiger partial charge is 0.381 e. The maximum absolute atomic E-state index is 12.0. The molecule has 2 atom stereocenters. The van der Waals surface area contributed by atoms with Crippen LogP contribution in [-0.2, 0) is 4.74 Å². The molecule has 7 heteroatoms. The molecule has 0 aromatic rings. The van der Waals surface area contributed by atoms with Crippen LogP contribution in [-0.4, -0.2) is 55.1 Å². The molecule has 0 amide bonds. The van der Waals surface area contributed by atoms with Gasteiger partial charge in [0.15, 0.2) is 0 Å². The molecule has 1 aliphatic heterocycles. The molecule has 1 rings (SSSR count). The first-order valence-corrected chi connectivity index (χ1v) is 6.62. The van der Waals surface area contributed by atoms with Crippen LogP contribution in [0.5, 0.6) is 0 Å². The first-order chi connectivity index (χ1) is 7.96. The summed E-state index contributed by atoms with van der Waals surface area (Å²) in [4.78, 5) is 2.04. The van der Waals surface area contributed by atoms with Crippen molar-refractivity contribution in [1.82, 2.24) is 4.90 Å². The molecule has 1 fully saturated rings. The summed E-state index contributed by atoms with van der Waals surface area (Å²) in [6.07, 6.45) is 1.86. The highest BCUT2D eigenvalue weighted by molar-refractivity contribution is 8.00. The molecular weight excluding hydrogens is 253 g/mol. The molecule has 0 aromatic carbocycles. The lowest BCUT2D eigenvalue weighted by Crippen LogP contribution is -2.49. The van der Waals surface area contributed by atoms with Gasteiger partial charge in [-0.05, 0) is 24.6 Å². The summed E-state index contributed by atoms with van der Waals surface area (Å²) in [5.74, 6) is 0.0671. The fourth-order valence-electron chi connectivity index (χ4n) is 2.10. The molecule has 1 saturated heterocycles. The summed E-state index contributed by atoms with van der Waals surface area (Å²) in [6, 6.07) is 0.141. The highest BCUT2D eigenvalue weighted by Crippen LogP contribution is 2.30. The van der Waals surface area contributed by atoms with Crippen molar-refractivity contribution in [1.29, 1.82) is 0 Å². The fraction of sp³-hybridized carbons (Fsp3) is 1.00. The van der Waals surface area contributed by atoms with Crippen molar-refractivity contribution in [3.8, 4) is 0 Å². The van der Waals surface area contributed by atoms with Crippen molar-refractivity contribution >= 4 is 11.8 Å². The van der Waals surface area contributed by atoms with Crippen molar-refractivity contribution in [2.75, 3.05) is 32.5 Å². The highest BCUT2D eigenvalue weighted by Gasteiger charge is 2.30. The Balaban J connectivity index is 2.32. The molecule has 0 aliphatic carbocycles. The van der Waals surface area contributed by atoms with Crippen molar-refractivity contribution in [3.05, 3.63) is 0 Å². The van der Waals surface area contributed by atoms with Crippen molar-refractivity contribution in [2.24, 2.45) is 5.73 Å². The molecule has 17 heavy (non-hydrogen) atoms. The number of likely N-dealkylation sites (tertiary alicyclic amines) is 1. The Kier molecular flexibility index (Phi) is 6.05. The number of halogens is 3. The minimum absolute atomic E-state index is 0.0326. The summed E-state index contributed by atoms with van der Waals surface area (Å²) in [5.41, 5.74) is 1.51. The lowest BCUT2D eigenvalue weighted by Gasteiger charge is -2.38. The van der Waals surface area contributed by atoms with Gasteiger partial charge in [-0.1, -0.05) is 0 Å². The average molecular weight is 272 g/mol. The zero-order valence-corrected chi connectivity index (χ0v) is 10.7. The van der Waals surface area contributed by atoms with Gasteiger partial charge in [0.05, 0.1) is 6.10 Å². The average Bonchev–Trinajstić information content (AvgIpc) is 2.27. The van der Waals surface area contributed by atoms with Crippen molar-refractivity contribution < 1.29 is 17.9 Å². The number of alkyl halides is 3. The normalized spacial score (nSPS) is 27.4. The predicted octanol–water partition coefficient (Wildman–Crippen LogP) is 1.68. The van der Waals surface area contributed by atoms with Gasteiger partial charge < -0.3 is 10.5 Å². The highest BCUT2D eigenvalue weighted by atomic mass is 32.2. The number of rotatable bonds is 5. The van der Waals surface area contributed by atoms with Gasteiger partial charge in [0.2, 0.25) is 0 Å². The zero-order valence-electron chi connectivity index (χ0n) is 9.87. The van der Waals surface area contributed by atoms with Gasteiger partial charge >= 0.3 is 5.51 Å². The Morgan fingerprint density at radius 3 is 2.71 bits per heavy atom. The second-order valence-electron chi connectivity index (χ2n) is 4.10. The van der Waals surface area contributed by atoms with E-state index in [2.05, 4.69) is 0 Å². The van der Waals surface area contributed by atoms with Crippen molar-refractivity contribution in [3.63, 3.8) is 0 Å². The number of ether oxygens (including phenoxy) is 1. The Hall–Kier alpha value is 0.0200. The van der Waals surface area contributed by atoms with E-state index in [0.717, 1.165) is 19.4 Å². The Morgan fingerprint density at radius 1 is 1.47 bits per heavy atom. The standard InChI is InChI=1S/C10H19F3N2OS/c1-16-9-2-3-15(8(6-9)7-14)4-5-17-10(11,12)13/h8-9H,2-7,14H2,1H3. The third kappa shape index (κ3) is 5.46. The molecule has 0 bridgehead atoms. The van der Waals surface area contributed by atoms with Gasteiger partial charge in [0.1, 0.15) is 0 Å². The van der Waals surface area contributed by atoms with Crippen LogP contribution in [0.4, 0.5) is 13.2 Å². The second kappa shape index (κ2) is 6.82. The van der Waals surface area contributed by atoms with Crippen LogP contribution >= 0.6 is 11.8 Å². The quantitative estimate of drug-likeness (QED) is 0.826. The molecule has 1 heterocycles. The van der Waals surface area contributed by atoms with E-state index >= 15 is 0 Å². The van der Waals surface area contributed by atoms with Gasteiger partial charge in [-0.25, -0.2) is 0 Å². The van der Waals surface area contributed by atoms with Crippen LogP contribution < -0.4 is 5.73 Å². The van der Waals surface area contributed by atoms with E-state index in [4.69, 9.17) is 10.5 Å². The first-order valence-electron chi connectivity index (χ1n) is 5.64. The monoisotopic (exact) mass is 272 g/mol. The van der Waals surface area contributed by atoms with Crippen LogP contribution in [0.15, 0.2) is 0 Å². The Labute approximate surface area is 104 Å². The Morgan fingerprint density at radius 2 is 2.18 bits per heavy atom. The van der Waals surface area contributed by atoms with Crippen LogP contribution in [0, 0.1) is 0 Å². The van der Waals surface area contributed by atoms with Gasteiger partial charge in [0, 0.05) is 38.5 Å². The first kappa shape index (κ1) is 15.1. The summed E-state index contributed by atoms with van der Waals surface area (Å²) in [5, 5.41) is 0. The van der Waals surface area contributed by atoms with Crippen LogP contribution in [0.1, 0.15) is 12.8 Å². The molecule has 0 spiro atoms. The van der Waals surface area contributed by atoms with E-state index in [0.29, 0.717) is 13.1 Å². The third-order valence-electron chi connectivity index (χ3n) is 3.04. The number of methoxy groups -OCH3 is 1. The molecule has 2 unspecified atom stereocenters. The maximum Gasteiger partial charge on any atom is 0.441 e. The molecule has 3 nitrogen and oxygen atoms in total. The lowest BCUT2D eigenvalue weighted by atomic mass is 9.99. The minimum Gasteiger partial charge on any atom is -0.381 e. The summed E-state index contributed by atoms with van der Waals surface area (Å²) in [7, 11) is 1.66. The number of hydrogen-bond donors (Lipinski definition) is 1. The van der Waals surface area contributed by atoms with E-state index in [1.807, 2.05) is 4.90 Å². The fourth-order valence-corrected chi connectivity index (χ4v) is 2.65. The number of nitrogens with zero attached hydrogens (tertiary/aromatic N) is 1. The van der Waals surface area contributed by atoms with Crippen LogP contribution in [0.3, 0.4) is 0 Å². The number of nitrogens with two attached hydrogens (primary N) is 1. The summed E-state index contributed by atoms with van der Waals surface area (Å²) < 4.78 is 41.3. The minimum atomic E-state index is -4.14. The second-order valence-corrected chi connectivity index (χ2v) is 5.26. The molecule has 0 aromatic heterocycles. The molecule has 0 radical (unpaired) electrons. The topological polar surface area (TPSA) is 38.5 Å². The maximum atomic E-state index is 12.0. The lowest BCUT2D eigenvalue weighted by molar-refractivity contribution is -0.0331. The summed E-state index contributed by atoms with van der Waals surface area (Å²) >= 11 is 0.0326. The molecular formula is C10H19F3N2OS. The van der Waals surface area contributed by atoms with E-state index in [-0.39, 0.29) is 29.7 Å². The SMILES string of the molecule is COC1CCN(CCSC(F)(F)F)C(CN)C1. The summed E-state index contributed by atoms with van der Waals surface area (Å²) in [6.45, 7) is 1.66. The molecule has 0 saturated carbocycles. The molecule has 1 aliphatic rings. The number of piperidine rings is 1. The number of hydrogen-bond acceptors (Lipinski definition) is 4. The third-order valence-corrected chi connectivity index (χ3v) is 3.75.